The number of hydrogen-bond donors (Lipinski definition) is 2. The van der Waals surface area contributed by atoms with Gasteiger partial charge in [-0.1, -0.05) is 9.84 Å². The van der Waals surface area contributed by atoms with E-state index in [2.05, 4.69) is 15.6 Å². The Bertz CT molecular complexity index is 580. The SMILES string of the molecule is CC1(C)CC(NC(=O)c2cc[n+](CCC(=O)O)nc2)=NO1. The van der Waals surface area contributed by atoms with Crippen LogP contribution in [-0.2, 0) is 16.2 Å². The predicted octanol–water partition coefficient (Wildman–Crippen LogP) is 0.0860. The smallest absolute Gasteiger partial charge is 0.309 e. The monoisotopic (exact) mass is 293 g/mol. The molecule has 8 nitrogen and oxygen atoms in total. The molecule has 0 aliphatic carbocycles. The Hall–Kier alpha value is -2.51. The van der Waals surface area contributed by atoms with Gasteiger partial charge in [0.25, 0.3) is 5.91 Å². The van der Waals surface area contributed by atoms with Crippen molar-refractivity contribution in [1.29, 1.82) is 0 Å². The average Bonchev–Trinajstić information content (AvgIpc) is 2.76. The number of amides is 1. The topological polar surface area (TPSA) is 105 Å². The number of aryl methyl sites for hydroxylation is 1. The van der Waals surface area contributed by atoms with Crippen molar-refractivity contribution in [2.24, 2.45) is 5.16 Å². The number of rotatable bonds is 4. The molecule has 2 N–H and O–H groups in total. The number of hydrogen-bond acceptors (Lipinski definition) is 5. The molecule has 112 valence electrons. The highest BCUT2D eigenvalue weighted by atomic mass is 16.7. The molecule has 0 unspecified atom stereocenters. The summed E-state index contributed by atoms with van der Waals surface area (Å²) < 4.78 is 1.46. The van der Waals surface area contributed by atoms with Gasteiger partial charge in [0, 0.05) is 6.07 Å². The molecule has 0 aromatic carbocycles. The quantitative estimate of drug-likeness (QED) is 0.765. The van der Waals surface area contributed by atoms with E-state index in [0.29, 0.717) is 17.8 Å². The van der Waals surface area contributed by atoms with Crippen LogP contribution in [0.1, 0.15) is 37.0 Å². The van der Waals surface area contributed by atoms with Gasteiger partial charge < -0.3 is 15.3 Å². The molecule has 1 amide bonds. The van der Waals surface area contributed by atoms with E-state index < -0.39 is 11.6 Å². The number of nitrogens with zero attached hydrogens (tertiary/aromatic N) is 3. The molecular weight excluding hydrogens is 276 g/mol. The fourth-order valence-electron chi connectivity index (χ4n) is 1.78. The number of aliphatic carboxylic acids is 1. The average molecular weight is 293 g/mol. The van der Waals surface area contributed by atoms with Crippen LogP contribution in [0.5, 0.6) is 0 Å². The van der Waals surface area contributed by atoms with Gasteiger partial charge in [0.05, 0.1) is 12.0 Å². The molecule has 1 aliphatic heterocycles. The molecule has 1 aromatic heterocycles. The van der Waals surface area contributed by atoms with Crippen LogP contribution in [0.25, 0.3) is 0 Å². The van der Waals surface area contributed by atoms with Gasteiger partial charge in [-0.15, -0.1) is 0 Å². The molecule has 2 heterocycles. The van der Waals surface area contributed by atoms with Crippen molar-refractivity contribution in [2.75, 3.05) is 0 Å². The van der Waals surface area contributed by atoms with Crippen LogP contribution in [0.3, 0.4) is 0 Å². The molecule has 0 bridgehead atoms. The number of nitrogens with one attached hydrogen (secondary N) is 1. The minimum atomic E-state index is -0.895. The van der Waals surface area contributed by atoms with Crippen molar-refractivity contribution < 1.29 is 24.2 Å². The molecule has 8 heteroatoms. The summed E-state index contributed by atoms with van der Waals surface area (Å²) in [5, 5.41) is 19.1. The molecule has 2 rings (SSSR count). The molecule has 0 spiro atoms. The largest absolute Gasteiger partial charge is 0.481 e. The molecule has 1 aromatic rings. The van der Waals surface area contributed by atoms with Crippen LogP contribution in [0, 0.1) is 0 Å². The van der Waals surface area contributed by atoms with Crippen LogP contribution in [0.4, 0.5) is 0 Å². The van der Waals surface area contributed by atoms with Crippen molar-refractivity contribution in [1.82, 2.24) is 10.4 Å². The van der Waals surface area contributed by atoms with Crippen LogP contribution in [-0.4, -0.2) is 33.5 Å². The Labute approximate surface area is 121 Å². The van der Waals surface area contributed by atoms with Crippen molar-refractivity contribution in [3.63, 3.8) is 0 Å². The van der Waals surface area contributed by atoms with Crippen molar-refractivity contribution >= 4 is 17.7 Å². The predicted molar refractivity (Wildman–Crippen MR) is 71.4 cm³/mol. The lowest BCUT2D eigenvalue weighted by atomic mass is 10.1. The number of carbonyl (C=O) groups excluding carboxylic acids is 1. The van der Waals surface area contributed by atoms with E-state index in [-0.39, 0.29) is 18.9 Å². The fraction of sp³-hybridized carbons (Fsp3) is 0.462. The van der Waals surface area contributed by atoms with E-state index in [0.717, 1.165) is 0 Å². The maximum absolute atomic E-state index is 12.0. The molecule has 21 heavy (non-hydrogen) atoms. The maximum atomic E-state index is 12.0. The molecule has 0 radical (unpaired) electrons. The fourth-order valence-corrected chi connectivity index (χ4v) is 1.78. The van der Waals surface area contributed by atoms with Crippen molar-refractivity contribution in [2.45, 2.75) is 38.8 Å². The second kappa shape index (κ2) is 5.86. The summed E-state index contributed by atoms with van der Waals surface area (Å²) in [6.07, 6.45) is 3.46. The Morgan fingerprint density at radius 3 is 2.81 bits per heavy atom. The van der Waals surface area contributed by atoms with Gasteiger partial charge in [0.1, 0.15) is 18.2 Å². The summed E-state index contributed by atoms with van der Waals surface area (Å²) in [6, 6.07) is 1.58. The zero-order valence-corrected chi connectivity index (χ0v) is 11.9. The van der Waals surface area contributed by atoms with Crippen LogP contribution < -0.4 is 10.00 Å². The van der Waals surface area contributed by atoms with Crippen molar-refractivity contribution in [3.05, 3.63) is 24.0 Å². The van der Waals surface area contributed by atoms with Gasteiger partial charge in [0.15, 0.2) is 18.6 Å². The summed E-state index contributed by atoms with van der Waals surface area (Å²) in [5.41, 5.74) is -0.0359. The lowest BCUT2D eigenvalue weighted by molar-refractivity contribution is -0.753. The van der Waals surface area contributed by atoms with E-state index in [9.17, 15) is 9.59 Å². The first-order valence-corrected chi connectivity index (χ1v) is 6.50. The zero-order chi connectivity index (χ0) is 15.5. The van der Waals surface area contributed by atoms with Crippen molar-refractivity contribution in [3.8, 4) is 0 Å². The highest BCUT2D eigenvalue weighted by molar-refractivity contribution is 6.06. The van der Waals surface area contributed by atoms with Crippen LogP contribution in [0.15, 0.2) is 23.6 Å². The lowest BCUT2D eigenvalue weighted by Crippen LogP contribution is -2.39. The Morgan fingerprint density at radius 1 is 1.52 bits per heavy atom. The minimum Gasteiger partial charge on any atom is -0.481 e. The Balaban J connectivity index is 1.93. The summed E-state index contributed by atoms with van der Waals surface area (Å²) in [6.45, 7) is 4.02. The number of carbonyl (C=O) groups is 2. The second-order valence-corrected chi connectivity index (χ2v) is 5.34. The highest BCUT2D eigenvalue weighted by Crippen LogP contribution is 2.21. The minimum absolute atomic E-state index is 0.0214. The van der Waals surface area contributed by atoms with E-state index in [1.165, 1.54) is 10.9 Å². The molecule has 0 atom stereocenters. The van der Waals surface area contributed by atoms with Gasteiger partial charge in [-0.25, -0.2) is 0 Å². The number of amidine groups is 1. The summed E-state index contributed by atoms with van der Waals surface area (Å²) in [4.78, 5) is 27.6. The van der Waals surface area contributed by atoms with E-state index in [1.54, 1.807) is 12.3 Å². The summed E-state index contributed by atoms with van der Waals surface area (Å²) in [5.74, 6) is -0.742. The Morgan fingerprint density at radius 2 is 2.29 bits per heavy atom. The lowest BCUT2D eigenvalue weighted by Gasteiger charge is -2.13. The number of oxime groups is 1. The normalized spacial score (nSPS) is 16.0. The molecule has 0 saturated carbocycles. The third-order valence-corrected chi connectivity index (χ3v) is 2.84. The van der Waals surface area contributed by atoms with Gasteiger partial charge in [-0.2, -0.15) is 0 Å². The summed E-state index contributed by atoms with van der Waals surface area (Å²) >= 11 is 0. The molecule has 1 aliphatic rings. The second-order valence-electron chi connectivity index (χ2n) is 5.34. The first-order valence-electron chi connectivity index (χ1n) is 6.50. The van der Waals surface area contributed by atoms with Gasteiger partial charge in [0.2, 0.25) is 0 Å². The van der Waals surface area contributed by atoms with Crippen LogP contribution >= 0.6 is 0 Å². The van der Waals surface area contributed by atoms with E-state index in [1.807, 2.05) is 13.8 Å². The number of aromatic nitrogens is 2. The molecule has 0 saturated heterocycles. The van der Waals surface area contributed by atoms with Gasteiger partial charge >= 0.3 is 5.97 Å². The third kappa shape index (κ3) is 4.23. The van der Waals surface area contributed by atoms with E-state index in [4.69, 9.17) is 9.94 Å². The number of carboxylic acid groups (broad SMARTS) is 1. The van der Waals surface area contributed by atoms with Crippen LogP contribution in [0.2, 0.25) is 0 Å². The third-order valence-electron chi connectivity index (χ3n) is 2.84. The van der Waals surface area contributed by atoms with Gasteiger partial charge in [-0.3, -0.25) is 9.59 Å². The first kappa shape index (κ1) is 14.9. The van der Waals surface area contributed by atoms with Gasteiger partial charge in [-0.05, 0) is 18.9 Å². The summed E-state index contributed by atoms with van der Waals surface area (Å²) in [7, 11) is 0. The first-order chi connectivity index (χ1) is 9.85. The molecule has 0 fully saturated rings. The number of carboxylic acids is 1. The maximum Gasteiger partial charge on any atom is 0.309 e. The molecular formula is C13H17N4O4+. The van der Waals surface area contributed by atoms with E-state index >= 15 is 0 Å². The highest BCUT2D eigenvalue weighted by Gasteiger charge is 2.30. The Kier molecular flexibility index (Phi) is 4.15. The standard InChI is InChI=1S/C13H16N4O4/c1-13(2)7-10(16-21-13)15-12(20)9-3-5-17(14-8-9)6-4-11(18)19/h3,5,8H,4,6-7H2,1-2H3,(H-,15,16,18,19,20)/p+1. The zero-order valence-electron chi connectivity index (χ0n) is 11.9.